The number of benzene rings is 1. The van der Waals surface area contributed by atoms with Gasteiger partial charge in [-0.3, -0.25) is 0 Å². The second-order valence-electron chi connectivity index (χ2n) is 12.3. The zero-order chi connectivity index (χ0) is 22.8. The van der Waals surface area contributed by atoms with Gasteiger partial charge >= 0.3 is 0 Å². The highest BCUT2D eigenvalue weighted by Gasteiger charge is 2.62. The summed E-state index contributed by atoms with van der Waals surface area (Å²) < 4.78 is 6.45. The van der Waals surface area contributed by atoms with Crippen LogP contribution in [0.3, 0.4) is 0 Å². The molecule has 1 saturated heterocycles. The first kappa shape index (κ1) is 22.3. The third kappa shape index (κ3) is 3.39. The van der Waals surface area contributed by atoms with Crippen molar-refractivity contribution in [1.82, 2.24) is 0 Å². The molecule has 4 heteroatoms. The summed E-state index contributed by atoms with van der Waals surface area (Å²) in [7, 11) is 0. The predicted molar refractivity (Wildman–Crippen MR) is 128 cm³/mol. The Labute approximate surface area is 198 Å². The SMILES string of the molecule is C=C(c1ccccc1)C1COC2(CC[C@]3(C)C4CC[C@@]5(C)C(CC[C@@H]5O)C4CC[C@@H]3C2)OO1. The monoisotopic (exact) mass is 452 g/mol. The first-order chi connectivity index (χ1) is 15.8. The number of hydrogen-bond acceptors (Lipinski definition) is 4. The number of aliphatic hydroxyl groups excluding tert-OH is 1. The van der Waals surface area contributed by atoms with Gasteiger partial charge in [-0.25, -0.2) is 9.78 Å². The van der Waals surface area contributed by atoms with Crippen molar-refractivity contribution in [3.8, 4) is 0 Å². The van der Waals surface area contributed by atoms with Gasteiger partial charge in [-0.1, -0.05) is 50.8 Å². The molecule has 180 valence electrons. The second-order valence-corrected chi connectivity index (χ2v) is 12.3. The van der Waals surface area contributed by atoms with E-state index in [1.54, 1.807) is 0 Å². The molecule has 0 aromatic heterocycles. The minimum atomic E-state index is -0.600. The van der Waals surface area contributed by atoms with E-state index < -0.39 is 5.79 Å². The largest absolute Gasteiger partial charge is 0.393 e. The van der Waals surface area contributed by atoms with Gasteiger partial charge in [-0.05, 0) is 90.6 Å². The topological polar surface area (TPSA) is 47.9 Å². The van der Waals surface area contributed by atoms with Crippen molar-refractivity contribution in [2.75, 3.05) is 6.61 Å². The Morgan fingerprint density at radius 3 is 2.48 bits per heavy atom. The van der Waals surface area contributed by atoms with Crippen LogP contribution < -0.4 is 0 Å². The van der Waals surface area contributed by atoms with Gasteiger partial charge in [0, 0.05) is 12.8 Å². The van der Waals surface area contributed by atoms with E-state index in [0.717, 1.165) is 48.7 Å². The van der Waals surface area contributed by atoms with Gasteiger partial charge in [0.1, 0.15) is 6.10 Å². The average Bonchev–Trinajstić information content (AvgIpc) is 3.15. The Hall–Kier alpha value is -1.20. The number of hydrogen-bond donors (Lipinski definition) is 1. The lowest BCUT2D eigenvalue weighted by atomic mass is 9.45. The smallest absolute Gasteiger partial charge is 0.202 e. The Morgan fingerprint density at radius 2 is 1.73 bits per heavy atom. The minimum absolute atomic E-state index is 0.0941. The lowest BCUT2D eigenvalue weighted by molar-refractivity contribution is -0.489. The Balaban J connectivity index is 1.14. The molecule has 9 atom stereocenters. The van der Waals surface area contributed by atoms with Crippen molar-refractivity contribution in [3.05, 3.63) is 42.5 Å². The molecule has 5 aliphatic rings. The third-order valence-electron chi connectivity index (χ3n) is 11.0. The molecule has 6 rings (SSSR count). The highest BCUT2D eigenvalue weighted by molar-refractivity contribution is 5.66. The van der Waals surface area contributed by atoms with E-state index >= 15 is 0 Å². The number of fused-ring (bicyclic) bond motifs is 5. The summed E-state index contributed by atoms with van der Waals surface area (Å²) in [4.78, 5) is 12.0. The minimum Gasteiger partial charge on any atom is -0.393 e. The molecule has 5 fully saturated rings. The Bertz CT molecular complexity index is 890. The molecule has 0 bridgehead atoms. The lowest BCUT2D eigenvalue weighted by Gasteiger charge is -2.62. The van der Waals surface area contributed by atoms with Gasteiger partial charge in [0.2, 0.25) is 5.79 Å². The van der Waals surface area contributed by atoms with Crippen molar-refractivity contribution >= 4 is 5.57 Å². The van der Waals surface area contributed by atoms with Crippen LogP contribution in [0.15, 0.2) is 36.9 Å². The highest BCUT2D eigenvalue weighted by Crippen LogP contribution is 2.67. The maximum atomic E-state index is 10.7. The molecule has 5 unspecified atom stereocenters. The fraction of sp³-hybridized carbons (Fsp3) is 0.724. The predicted octanol–water partition coefficient (Wildman–Crippen LogP) is 6.15. The van der Waals surface area contributed by atoms with E-state index in [2.05, 4.69) is 32.6 Å². The van der Waals surface area contributed by atoms with E-state index in [9.17, 15) is 5.11 Å². The van der Waals surface area contributed by atoms with E-state index in [-0.39, 0.29) is 17.6 Å². The maximum absolute atomic E-state index is 10.7. The van der Waals surface area contributed by atoms with Crippen LogP contribution in [0.2, 0.25) is 0 Å². The summed E-state index contributed by atoms with van der Waals surface area (Å²) in [5, 5.41) is 10.7. The van der Waals surface area contributed by atoms with Gasteiger partial charge in [-0.15, -0.1) is 0 Å². The first-order valence-electron chi connectivity index (χ1n) is 13.3. The quantitative estimate of drug-likeness (QED) is 0.547. The van der Waals surface area contributed by atoms with Crippen molar-refractivity contribution in [2.24, 2.45) is 34.5 Å². The van der Waals surface area contributed by atoms with Crippen LogP contribution in [0, 0.1) is 34.5 Å². The summed E-state index contributed by atoms with van der Waals surface area (Å²) in [6, 6.07) is 10.2. The number of aliphatic hydroxyl groups is 1. The average molecular weight is 453 g/mol. The number of rotatable bonds is 2. The summed E-state index contributed by atoms with van der Waals surface area (Å²) in [6.45, 7) is 9.67. The standard InChI is InChI=1S/C29H40O4/c1-19(20-7-5-4-6-8-20)25-18-31-29(33-32-25)16-15-27(2)21(17-29)9-10-22-23-11-12-26(30)28(23,3)14-13-24(22)27/h4-8,21-26,30H,1,9-18H2,2-3H3/t21-,22?,23?,24?,25?,26+,27+,28+,29?/m1/s1. The maximum Gasteiger partial charge on any atom is 0.202 e. The normalized spacial score (nSPS) is 49.2. The molecule has 1 aromatic rings. The summed E-state index contributed by atoms with van der Waals surface area (Å²) in [5.41, 5.74) is 2.48. The van der Waals surface area contributed by atoms with Crippen LogP contribution in [0.4, 0.5) is 0 Å². The molecule has 1 spiro atoms. The Morgan fingerprint density at radius 1 is 0.939 bits per heavy atom. The van der Waals surface area contributed by atoms with Gasteiger partial charge in [0.15, 0.2) is 0 Å². The highest BCUT2D eigenvalue weighted by atomic mass is 17.2. The summed E-state index contributed by atoms with van der Waals surface area (Å²) in [5.74, 6) is 2.26. The summed E-state index contributed by atoms with van der Waals surface area (Å²) in [6.07, 6.45) is 9.84. The molecular formula is C29H40O4. The molecule has 1 aromatic carbocycles. The fourth-order valence-corrected chi connectivity index (χ4v) is 8.80. The third-order valence-corrected chi connectivity index (χ3v) is 11.0. The molecule has 4 saturated carbocycles. The van der Waals surface area contributed by atoms with Crippen LogP contribution in [0.25, 0.3) is 5.57 Å². The van der Waals surface area contributed by atoms with E-state index in [4.69, 9.17) is 14.5 Å². The Kier molecular flexibility index (Phi) is 5.34. The van der Waals surface area contributed by atoms with Crippen molar-refractivity contribution in [1.29, 1.82) is 0 Å². The van der Waals surface area contributed by atoms with Crippen molar-refractivity contribution in [2.45, 2.75) is 89.6 Å². The molecule has 4 aliphatic carbocycles. The van der Waals surface area contributed by atoms with Gasteiger partial charge in [0.25, 0.3) is 0 Å². The van der Waals surface area contributed by atoms with E-state index in [0.29, 0.717) is 23.9 Å². The van der Waals surface area contributed by atoms with E-state index in [1.165, 1.54) is 32.1 Å². The zero-order valence-corrected chi connectivity index (χ0v) is 20.3. The van der Waals surface area contributed by atoms with Gasteiger partial charge < -0.3 is 9.84 Å². The van der Waals surface area contributed by atoms with Crippen LogP contribution in [0.5, 0.6) is 0 Å². The van der Waals surface area contributed by atoms with Crippen LogP contribution in [-0.2, 0) is 14.5 Å². The molecule has 1 heterocycles. The van der Waals surface area contributed by atoms with E-state index in [1.807, 2.05) is 18.2 Å². The fourth-order valence-electron chi connectivity index (χ4n) is 8.80. The molecule has 4 nitrogen and oxygen atoms in total. The van der Waals surface area contributed by atoms with Gasteiger partial charge in [0.05, 0.1) is 12.7 Å². The van der Waals surface area contributed by atoms with Crippen LogP contribution >= 0.6 is 0 Å². The molecule has 1 N–H and O–H groups in total. The molecular weight excluding hydrogens is 412 g/mol. The lowest BCUT2D eigenvalue weighted by Crippen LogP contribution is -2.58. The molecule has 1 aliphatic heterocycles. The number of ether oxygens (including phenoxy) is 1. The second kappa shape index (κ2) is 7.91. The first-order valence-corrected chi connectivity index (χ1v) is 13.3. The van der Waals surface area contributed by atoms with Crippen LogP contribution in [0.1, 0.15) is 77.2 Å². The van der Waals surface area contributed by atoms with Crippen molar-refractivity contribution < 1.29 is 19.6 Å². The summed E-state index contributed by atoms with van der Waals surface area (Å²) >= 11 is 0. The van der Waals surface area contributed by atoms with Crippen molar-refractivity contribution in [3.63, 3.8) is 0 Å². The molecule has 0 amide bonds. The van der Waals surface area contributed by atoms with Gasteiger partial charge in [-0.2, -0.15) is 0 Å². The molecule has 0 radical (unpaired) electrons. The zero-order valence-electron chi connectivity index (χ0n) is 20.3. The van der Waals surface area contributed by atoms with Crippen LogP contribution in [-0.4, -0.2) is 29.7 Å². The molecule has 33 heavy (non-hydrogen) atoms.